The maximum absolute atomic E-state index is 14.7. The third-order valence-corrected chi connectivity index (χ3v) is 12.4. The molecule has 2 bridgehead atoms. The molecule has 68 heavy (non-hydrogen) atoms. The van der Waals surface area contributed by atoms with Crippen molar-refractivity contribution in [2.75, 3.05) is 27.7 Å². The molecular formula is C52H74N4O12. The van der Waals surface area contributed by atoms with Gasteiger partial charge < -0.3 is 38.5 Å². The van der Waals surface area contributed by atoms with Crippen LogP contribution in [0, 0.1) is 23.7 Å². The summed E-state index contributed by atoms with van der Waals surface area (Å²) < 4.78 is 24.2. The van der Waals surface area contributed by atoms with Gasteiger partial charge in [0.1, 0.15) is 24.2 Å². The summed E-state index contributed by atoms with van der Waals surface area (Å²) in [5, 5.41) is 0. The fourth-order valence-corrected chi connectivity index (χ4v) is 8.63. The molecule has 2 saturated heterocycles. The molecule has 2 aromatic carbocycles. The molecule has 1 unspecified atom stereocenters. The van der Waals surface area contributed by atoms with Gasteiger partial charge in [0.25, 0.3) is 23.6 Å². The van der Waals surface area contributed by atoms with Gasteiger partial charge in [-0.3, -0.25) is 19.2 Å². The number of likely N-dealkylation sites (N-methyl/N-ethyl adjacent to an activating group) is 3. The molecule has 374 valence electrons. The quantitative estimate of drug-likeness (QED) is 0.187. The topological polar surface area (TPSA) is 186 Å². The van der Waals surface area contributed by atoms with Crippen LogP contribution in [0.25, 0.3) is 0 Å². The third kappa shape index (κ3) is 14.4. The number of benzene rings is 2. The summed E-state index contributed by atoms with van der Waals surface area (Å²) in [6.45, 7) is 16.4. The van der Waals surface area contributed by atoms with Crippen molar-refractivity contribution in [3.63, 3.8) is 0 Å². The van der Waals surface area contributed by atoms with Crippen LogP contribution in [0.1, 0.15) is 131 Å². The summed E-state index contributed by atoms with van der Waals surface area (Å²) >= 11 is 0. The first kappa shape index (κ1) is 54.8. The molecule has 4 rings (SSSR count). The number of esters is 4. The van der Waals surface area contributed by atoms with Crippen LogP contribution in [0.15, 0.2) is 60.7 Å². The van der Waals surface area contributed by atoms with E-state index < -0.39 is 96.1 Å². The Labute approximate surface area is 402 Å². The van der Waals surface area contributed by atoms with E-state index in [1.54, 1.807) is 60.7 Å². The first-order valence-corrected chi connectivity index (χ1v) is 24.1. The SMILES string of the molecule is CC(C)C[C@H]1C(=O)O[C@H](c2ccccc2)C(=O)N(C)[C@@H](CC(C)C)C(=O)OC2CCCCN(C2=O)[C@@H](CC(C)C)C(=O)O[C@H](c2ccccc2)C(=O)N(C)[C@@H](CC(C)C)C(=O)O[C@H](C)C(=O)N1C. The molecule has 2 aromatic rings. The maximum atomic E-state index is 14.7. The van der Waals surface area contributed by atoms with Gasteiger partial charge in [-0.25, -0.2) is 19.2 Å². The molecule has 0 N–H and O–H groups in total. The molecule has 2 fully saturated rings. The minimum absolute atomic E-state index is 0.104. The van der Waals surface area contributed by atoms with Gasteiger partial charge in [0.05, 0.1) is 0 Å². The smallest absolute Gasteiger partial charge is 0.329 e. The van der Waals surface area contributed by atoms with E-state index in [-0.39, 0.29) is 62.3 Å². The van der Waals surface area contributed by atoms with Crippen molar-refractivity contribution in [1.29, 1.82) is 0 Å². The number of nitrogens with zero attached hydrogens (tertiary/aromatic N) is 4. The lowest BCUT2D eigenvalue weighted by molar-refractivity contribution is -0.177. The first-order valence-electron chi connectivity index (χ1n) is 24.1. The van der Waals surface area contributed by atoms with E-state index in [0.717, 1.165) is 9.80 Å². The molecule has 0 saturated carbocycles. The number of carbonyl (C=O) groups is 8. The molecule has 2 aliphatic rings. The summed E-state index contributed by atoms with van der Waals surface area (Å²) in [6, 6.07) is 11.7. The molecule has 2 aliphatic heterocycles. The van der Waals surface area contributed by atoms with Crippen molar-refractivity contribution >= 4 is 47.5 Å². The molecule has 0 aromatic heterocycles. The molecule has 4 amide bonds. The van der Waals surface area contributed by atoms with Crippen LogP contribution in [-0.2, 0) is 57.3 Å². The molecule has 8 atom stereocenters. The number of carbonyl (C=O) groups excluding carboxylic acids is 8. The highest BCUT2D eigenvalue weighted by atomic mass is 16.6. The van der Waals surface area contributed by atoms with Gasteiger partial charge in [0.2, 0.25) is 12.2 Å². The van der Waals surface area contributed by atoms with Crippen LogP contribution in [-0.4, -0.2) is 131 Å². The normalized spacial score (nSPS) is 26.2. The van der Waals surface area contributed by atoms with E-state index in [1.165, 1.54) is 37.9 Å². The largest absolute Gasteiger partial charge is 0.451 e. The lowest BCUT2D eigenvalue weighted by Crippen LogP contribution is -2.53. The summed E-state index contributed by atoms with van der Waals surface area (Å²) in [7, 11) is 4.19. The standard InChI is InChI=1S/C52H74N4O12/c1-31(2)27-38-49(61)65-35(9)45(57)53(10)40(29-33(5)6)51(63)67-43(36-21-15-13-16-22-36)47(59)55(12)39(28-32(3)4)50(62)66-42-25-19-20-26-56(46(42)58)41(30-34(7)8)52(64)68-44(48(60)54(38)11)37-23-17-14-18-24-37/h13-18,21-24,31-35,38-44H,19-20,25-30H2,1-12H3/t35-,38+,39+,40+,41+,42?,43-,44-/m1/s1. The van der Waals surface area contributed by atoms with E-state index in [1.807, 2.05) is 55.4 Å². The van der Waals surface area contributed by atoms with E-state index in [0.29, 0.717) is 24.0 Å². The number of ether oxygens (including phenoxy) is 4. The fourth-order valence-electron chi connectivity index (χ4n) is 8.63. The van der Waals surface area contributed by atoms with E-state index in [9.17, 15) is 38.4 Å². The van der Waals surface area contributed by atoms with Crippen LogP contribution >= 0.6 is 0 Å². The molecule has 0 spiro atoms. The van der Waals surface area contributed by atoms with E-state index >= 15 is 0 Å². The van der Waals surface area contributed by atoms with Crippen molar-refractivity contribution in [1.82, 2.24) is 19.6 Å². The summed E-state index contributed by atoms with van der Waals surface area (Å²) in [6.07, 6.45) is -4.36. The molecule has 0 radical (unpaired) electrons. The van der Waals surface area contributed by atoms with Crippen molar-refractivity contribution in [3.05, 3.63) is 71.8 Å². The van der Waals surface area contributed by atoms with Gasteiger partial charge in [0, 0.05) is 38.8 Å². The average molecular weight is 947 g/mol. The first-order chi connectivity index (χ1) is 32.0. The molecule has 16 nitrogen and oxygen atoms in total. The Morgan fingerprint density at radius 2 is 0.809 bits per heavy atom. The monoisotopic (exact) mass is 947 g/mol. The zero-order chi connectivity index (χ0) is 50.6. The number of fused-ring (bicyclic) bond motifs is 2. The van der Waals surface area contributed by atoms with Gasteiger partial charge in [-0.15, -0.1) is 0 Å². The zero-order valence-corrected chi connectivity index (χ0v) is 42.0. The van der Waals surface area contributed by atoms with E-state index in [2.05, 4.69) is 0 Å². The molecular weight excluding hydrogens is 873 g/mol. The fraction of sp³-hybridized carbons (Fsp3) is 0.615. The predicted molar refractivity (Wildman–Crippen MR) is 253 cm³/mol. The van der Waals surface area contributed by atoms with Crippen LogP contribution in [0.2, 0.25) is 0 Å². The molecule has 16 heteroatoms. The Morgan fingerprint density at radius 1 is 0.456 bits per heavy atom. The van der Waals surface area contributed by atoms with Crippen LogP contribution in [0.3, 0.4) is 0 Å². The van der Waals surface area contributed by atoms with Gasteiger partial charge in [-0.1, -0.05) is 116 Å². The van der Waals surface area contributed by atoms with Crippen LogP contribution in [0.5, 0.6) is 0 Å². The Balaban J connectivity index is 1.91. The summed E-state index contributed by atoms with van der Waals surface area (Å²) in [4.78, 5) is 121. The summed E-state index contributed by atoms with van der Waals surface area (Å²) in [5.41, 5.74) is 0.614. The Morgan fingerprint density at radius 3 is 1.22 bits per heavy atom. The number of rotatable bonds is 10. The van der Waals surface area contributed by atoms with Gasteiger partial charge in [-0.05, 0) is 75.5 Å². The Kier molecular flexibility index (Phi) is 20.1. The zero-order valence-electron chi connectivity index (χ0n) is 42.0. The Bertz CT molecular complexity index is 2060. The van der Waals surface area contributed by atoms with Crippen LogP contribution < -0.4 is 0 Å². The van der Waals surface area contributed by atoms with Crippen molar-refractivity contribution < 1.29 is 57.3 Å². The lowest BCUT2D eigenvalue weighted by atomic mass is 10.00. The highest BCUT2D eigenvalue weighted by Crippen LogP contribution is 2.30. The molecule has 0 aliphatic carbocycles. The average Bonchev–Trinajstić information content (AvgIpc) is 3.47. The van der Waals surface area contributed by atoms with Gasteiger partial charge in [-0.2, -0.15) is 0 Å². The minimum atomic E-state index is -1.57. The molecule has 2 heterocycles. The number of amides is 4. The predicted octanol–water partition coefficient (Wildman–Crippen LogP) is 6.46. The van der Waals surface area contributed by atoms with E-state index in [4.69, 9.17) is 18.9 Å². The second kappa shape index (κ2) is 25.0. The number of hydrogen-bond acceptors (Lipinski definition) is 12. The van der Waals surface area contributed by atoms with Crippen LogP contribution in [0.4, 0.5) is 0 Å². The highest BCUT2D eigenvalue weighted by molar-refractivity contribution is 5.95. The lowest BCUT2D eigenvalue weighted by Gasteiger charge is -2.36. The second-order valence-corrected chi connectivity index (χ2v) is 19.9. The second-order valence-electron chi connectivity index (χ2n) is 19.9. The Hall–Kier alpha value is -5.80. The summed E-state index contributed by atoms with van der Waals surface area (Å²) in [5.74, 6) is -7.00. The van der Waals surface area contributed by atoms with Crippen molar-refractivity contribution in [2.45, 2.75) is 156 Å². The third-order valence-electron chi connectivity index (χ3n) is 12.4. The van der Waals surface area contributed by atoms with Crippen molar-refractivity contribution in [3.8, 4) is 0 Å². The maximum Gasteiger partial charge on any atom is 0.329 e. The minimum Gasteiger partial charge on any atom is -0.451 e. The number of hydrogen-bond donors (Lipinski definition) is 0. The van der Waals surface area contributed by atoms with Crippen molar-refractivity contribution in [2.24, 2.45) is 23.7 Å². The number of cyclic esters (lactones) is 3. The highest BCUT2D eigenvalue weighted by Gasteiger charge is 2.45. The van der Waals surface area contributed by atoms with Gasteiger partial charge in [0.15, 0.2) is 12.2 Å². The van der Waals surface area contributed by atoms with Gasteiger partial charge >= 0.3 is 23.9 Å².